The summed E-state index contributed by atoms with van der Waals surface area (Å²) in [6, 6.07) is 7.25. The Hall–Kier alpha value is -3.96. The number of rotatable bonds is 7. The molecule has 202 valence electrons. The van der Waals surface area contributed by atoms with E-state index in [-0.39, 0.29) is 43.9 Å². The maximum absolute atomic E-state index is 13.5. The Kier molecular flexibility index (Phi) is 7.94. The number of aromatic hydroxyl groups is 1. The van der Waals surface area contributed by atoms with Gasteiger partial charge in [0.05, 0.1) is 28.9 Å². The first-order chi connectivity index (χ1) is 18.5. The molecule has 0 aliphatic carbocycles. The average molecular weight is 613 g/mol. The van der Waals surface area contributed by atoms with Gasteiger partial charge in [0.1, 0.15) is 17.2 Å². The van der Waals surface area contributed by atoms with Crippen molar-refractivity contribution in [3.8, 4) is 11.5 Å². The van der Waals surface area contributed by atoms with Crippen molar-refractivity contribution in [1.29, 1.82) is 0 Å². The van der Waals surface area contributed by atoms with E-state index in [9.17, 15) is 24.6 Å². The number of hydrogen-bond acceptors (Lipinski definition) is 9. The first-order valence-corrected chi connectivity index (χ1v) is 13.3. The second-order valence-electron chi connectivity index (χ2n) is 8.84. The molecular weight excluding hydrogens is 588 g/mol. The predicted molar refractivity (Wildman–Crippen MR) is 150 cm³/mol. The van der Waals surface area contributed by atoms with Crippen molar-refractivity contribution in [2.75, 3.05) is 18.6 Å². The number of aromatic nitrogens is 1. The summed E-state index contributed by atoms with van der Waals surface area (Å²) in [7, 11) is 1.36. The minimum absolute atomic E-state index is 0.00675. The monoisotopic (exact) mass is 612 g/mol. The van der Waals surface area contributed by atoms with Crippen molar-refractivity contribution in [2.45, 2.75) is 26.8 Å². The van der Waals surface area contributed by atoms with E-state index in [4.69, 9.17) is 9.47 Å². The molecule has 1 unspecified atom stereocenters. The van der Waals surface area contributed by atoms with Gasteiger partial charge in [-0.2, -0.15) is 0 Å². The van der Waals surface area contributed by atoms with Gasteiger partial charge in [-0.25, -0.2) is 9.78 Å². The van der Waals surface area contributed by atoms with Crippen LogP contribution in [0.2, 0.25) is 0 Å². The Bertz CT molecular complexity index is 1560. The number of hydrogen-bond donors (Lipinski definition) is 2. The van der Waals surface area contributed by atoms with E-state index < -0.39 is 23.7 Å². The van der Waals surface area contributed by atoms with Gasteiger partial charge in [0, 0.05) is 5.56 Å². The van der Waals surface area contributed by atoms with Crippen LogP contribution in [0.5, 0.6) is 11.5 Å². The number of Topliss-reactive ketones (excluding diaryl/α,β-unsaturated/α-hetero) is 1. The molecule has 3 aromatic rings. The first-order valence-electron chi connectivity index (χ1n) is 11.7. The van der Waals surface area contributed by atoms with Gasteiger partial charge in [-0.05, 0) is 66.0 Å². The lowest BCUT2D eigenvalue weighted by Gasteiger charge is -2.24. The molecule has 1 aliphatic heterocycles. The fourth-order valence-corrected chi connectivity index (χ4v) is 5.71. The van der Waals surface area contributed by atoms with Crippen LogP contribution in [0.3, 0.4) is 0 Å². The Morgan fingerprint density at radius 2 is 1.95 bits per heavy atom. The number of methoxy groups -OCH3 is 1. The number of ketones is 1. The van der Waals surface area contributed by atoms with Crippen LogP contribution in [0.4, 0.5) is 5.13 Å². The lowest BCUT2D eigenvalue weighted by molar-refractivity contribution is -0.132. The number of phenols is 1. The number of aryl methyl sites for hydroxylation is 3. The predicted octanol–water partition coefficient (Wildman–Crippen LogP) is 5.51. The highest BCUT2D eigenvalue weighted by molar-refractivity contribution is 9.10. The molecule has 1 fully saturated rings. The number of halogens is 1. The van der Waals surface area contributed by atoms with Crippen LogP contribution < -0.4 is 9.64 Å². The minimum Gasteiger partial charge on any atom is -0.507 e. The number of aliphatic hydroxyl groups excluding tert-OH is 1. The standard InChI is InChI=1S/C28H25BrN2O7S/c1-6-9-38-27(36)25-15(4)30-28(39-25)31-21(16-11-18(29)23(33)19(12-16)37-5)20(24(34)26(31)35)22(32)17-10-13(2)7-8-14(17)3/h6-8,10-12,21,32-33H,1,9H2,2-5H3/b22-20+. The maximum atomic E-state index is 13.5. The summed E-state index contributed by atoms with van der Waals surface area (Å²) in [6.45, 7) is 8.74. The molecule has 1 aliphatic rings. The number of carbonyl (C=O) groups excluding carboxylic acids is 3. The molecule has 39 heavy (non-hydrogen) atoms. The molecule has 11 heteroatoms. The van der Waals surface area contributed by atoms with Crippen molar-refractivity contribution < 1.29 is 34.1 Å². The van der Waals surface area contributed by atoms with Gasteiger partial charge in [-0.15, -0.1) is 0 Å². The normalized spacial score (nSPS) is 16.4. The SMILES string of the molecule is C=CCOC(=O)c1sc(N2C(=O)C(=O)/C(=C(/O)c3cc(C)ccc3C)C2c2cc(Br)c(O)c(OC)c2)nc1C. The average Bonchev–Trinajstić information content (AvgIpc) is 3.41. The first kappa shape index (κ1) is 28.1. The molecule has 0 spiro atoms. The highest BCUT2D eigenvalue weighted by Crippen LogP contribution is 2.47. The molecule has 1 atom stereocenters. The number of phenolic OH excluding ortho intramolecular Hbond substituents is 1. The van der Waals surface area contributed by atoms with Crippen molar-refractivity contribution >= 4 is 55.8 Å². The fraction of sp³-hybridized carbons (Fsp3) is 0.214. The molecule has 2 aromatic carbocycles. The highest BCUT2D eigenvalue weighted by atomic mass is 79.9. The van der Waals surface area contributed by atoms with Crippen molar-refractivity contribution in [3.05, 3.63) is 85.9 Å². The van der Waals surface area contributed by atoms with Crippen molar-refractivity contribution in [3.63, 3.8) is 0 Å². The number of thiazole rings is 1. The van der Waals surface area contributed by atoms with Crippen LogP contribution in [0.25, 0.3) is 5.76 Å². The van der Waals surface area contributed by atoms with E-state index >= 15 is 0 Å². The van der Waals surface area contributed by atoms with E-state index in [1.54, 1.807) is 26.0 Å². The topological polar surface area (TPSA) is 126 Å². The number of amides is 1. The zero-order chi connectivity index (χ0) is 28.6. The molecule has 1 amide bonds. The van der Waals surface area contributed by atoms with Crippen molar-refractivity contribution in [2.24, 2.45) is 0 Å². The molecule has 0 bridgehead atoms. The summed E-state index contributed by atoms with van der Waals surface area (Å²) >= 11 is 4.18. The Labute approximate surface area is 237 Å². The van der Waals surface area contributed by atoms with Crippen LogP contribution in [-0.2, 0) is 14.3 Å². The van der Waals surface area contributed by atoms with Crippen LogP contribution in [0.15, 0.2) is 53.0 Å². The molecule has 2 heterocycles. The lowest BCUT2D eigenvalue weighted by atomic mass is 9.93. The summed E-state index contributed by atoms with van der Waals surface area (Å²) in [5.74, 6) is -2.96. The van der Waals surface area contributed by atoms with Crippen molar-refractivity contribution in [1.82, 2.24) is 4.98 Å². The van der Waals surface area contributed by atoms with E-state index in [1.807, 2.05) is 13.0 Å². The smallest absolute Gasteiger partial charge is 0.350 e. The maximum Gasteiger partial charge on any atom is 0.350 e. The molecule has 0 radical (unpaired) electrons. The molecule has 1 aromatic heterocycles. The molecule has 9 nitrogen and oxygen atoms in total. The summed E-state index contributed by atoms with van der Waals surface area (Å²) in [4.78, 5) is 45.3. The molecular formula is C28H25BrN2O7S. The molecule has 2 N–H and O–H groups in total. The molecule has 0 saturated carbocycles. The quantitative estimate of drug-likeness (QED) is 0.117. The minimum atomic E-state index is -1.15. The van der Waals surface area contributed by atoms with E-state index in [0.29, 0.717) is 22.4 Å². The van der Waals surface area contributed by atoms with Crippen LogP contribution in [0.1, 0.15) is 43.7 Å². The van der Waals surface area contributed by atoms with E-state index in [0.717, 1.165) is 21.8 Å². The number of benzene rings is 2. The number of aliphatic hydroxyl groups is 1. The van der Waals surface area contributed by atoms with Gasteiger partial charge in [0.25, 0.3) is 5.78 Å². The molecule has 1 saturated heterocycles. The lowest BCUT2D eigenvalue weighted by Crippen LogP contribution is -2.29. The summed E-state index contributed by atoms with van der Waals surface area (Å²) in [5.41, 5.74) is 2.43. The van der Waals surface area contributed by atoms with E-state index in [1.165, 1.54) is 25.3 Å². The molecule has 4 rings (SSSR count). The Balaban J connectivity index is 1.98. The summed E-state index contributed by atoms with van der Waals surface area (Å²) in [5, 5.41) is 21.9. The summed E-state index contributed by atoms with van der Waals surface area (Å²) in [6.07, 6.45) is 1.43. The second kappa shape index (κ2) is 11.0. The fourth-order valence-electron chi connectivity index (χ4n) is 4.26. The van der Waals surface area contributed by atoms with Crippen LogP contribution >= 0.6 is 27.3 Å². The Morgan fingerprint density at radius 3 is 2.62 bits per heavy atom. The van der Waals surface area contributed by atoms with Gasteiger partial charge in [-0.3, -0.25) is 14.5 Å². The van der Waals surface area contributed by atoms with E-state index in [2.05, 4.69) is 27.5 Å². The highest BCUT2D eigenvalue weighted by Gasteiger charge is 2.49. The third kappa shape index (κ3) is 5.07. The van der Waals surface area contributed by atoms with Crippen LogP contribution in [0, 0.1) is 20.8 Å². The van der Waals surface area contributed by atoms with Crippen LogP contribution in [-0.4, -0.2) is 46.6 Å². The largest absolute Gasteiger partial charge is 0.507 e. The number of anilines is 1. The number of carbonyl (C=O) groups is 3. The third-order valence-corrected chi connectivity index (χ3v) is 7.93. The zero-order valence-corrected chi connectivity index (χ0v) is 24.0. The third-order valence-electron chi connectivity index (χ3n) is 6.19. The summed E-state index contributed by atoms with van der Waals surface area (Å²) < 4.78 is 10.7. The Morgan fingerprint density at radius 1 is 1.23 bits per heavy atom. The van der Waals surface area contributed by atoms with Gasteiger partial charge < -0.3 is 19.7 Å². The van der Waals surface area contributed by atoms with Gasteiger partial charge in [0.2, 0.25) is 0 Å². The number of nitrogens with zero attached hydrogens (tertiary/aromatic N) is 2. The van der Waals surface area contributed by atoms with Gasteiger partial charge in [-0.1, -0.05) is 41.7 Å². The van der Waals surface area contributed by atoms with Gasteiger partial charge in [0.15, 0.2) is 16.6 Å². The van der Waals surface area contributed by atoms with Gasteiger partial charge >= 0.3 is 11.9 Å². The number of esters is 1. The second-order valence-corrected chi connectivity index (χ2v) is 10.7. The number of ether oxygens (including phenoxy) is 2. The zero-order valence-electron chi connectivity index (χ0n) is 21.6.